The van der Waals surface area contributed by atoms with Crippen LogP contribution in [0.1, 0.15) is 27.9 Å². The summed E-state index contributed by atoms with van der Waals surface area (Å²) < 4.78 is 16.0. The molecule has 2 heterocycles. The number of nitrogens with zero attached hydrogens (tertiary/aromatic N) is 2. The van der Waals surface area contributed by atoms with Crippen LogP contribution in [0, 0.1) is 12.7 Å². The average molecular weight is 429 g/mol. The minimum Gasteiger partial charge on any atom is -0.378 e. The smallest absolute Gasteiger partial charge is 0.132 e. The maximum Gasteiger partial charge on any atom is 0.132 e. The van der Waals surface area contributed by atoms with Crippen molar-refractivity contribution < 1.29 is 9.50 Å². The molecule has 1 atom stereocenters. The van der Waals surface area contributed by atoms with Crippen molar-refractivity contribution in [3.8, 4) is 0 Å². The summed E-state index contributed by atoms with van der Waals surface area (Å²) >= 11 is 0. The molecule has 4 aromatic rings. The lowest BCUT2D eigenvalue weighted by molar-refractivity contribution is 0.0616. The van der Waals surface area contributed by atoms with E-state index in [0.717, 1.165) is 37.0 Å². The summed E-state index contributed by atoms with van der Waals surface area (Å²) in [4.78, 5) is 2.37. The fraction of sp³-hybridized carbons (Fsp3) is 0.286. The van der Waals surface area contributed by atoms with Crippen molar-refractivity contribution in [1.82, 2.24) is 9.47 Å². The molecule has 1 N–H and O–H groups in total. The summed E-state index contributed by atoms with van der Waals surface area (Å²) in [5.41, 5.74) is 5.30. The molecular weight excluding hydrogens is 399 g/mol. The zero-order valence-electron chi connectivity index (χ0n) is 18.7. The lowest BCUT2D eigenvalue weighted by Crippen LogP contribution is -2.33. The number of rotatable bonds is 4. The molecule has 164 valence electrons. The van der Waals surface area contributed by atoms with Gasteiger partial charge < -0.3 is 14.6 Å². The van der Waals surface area contributed by atoms with Crippen molar-refractivity contribution in [2.24, 2.45) is 0 Å². The second-order valence-electron chi connectivity index (χ2n) is 9.07. The maximum atomic E-state index is 13.7. The molecule has 32 heavy (non-hydrogen) atoms. The molecule has 1 unspecified atom stereocenters. The number of benzene rings is 3. The van der Waals surface area contributed by atoms with Crippen molar-refractivity contribution in [2.45, 2.75) is 31.9 Å². The zero-order valence-corrected chi connectivity index (χ0v) is 18.7. The van der Waals surface area contributed by atoms with E-state index in [1.807, 2.05) is 30.3 Å². The van der Waals surface area contributed by atoms with Gasteiger partial charge in [0.1, 0.15) is 11.4 Å². The molecule has 1 aliphatic rings. The molecule has 1 aromatic heterocycles. The Morgan fingerprint density at radius 3 is 2.34 bits per heavy atom. The molecule has 0 saturated carbocycles. The molecule has 5 rings (SSSR count). The summed E-state index contributed by atoms with van der Waals surface area (Å²) in [6.45, 7) is 4.52. The predicted octanol–water partition coefficient (Wildman–Crippen LogP) is 5.06. The van der Waals surface area contributed by atoms with Crippen molar-refractivity contribution >= 4 is 10.9 Å². The second-order valence-corrected chi connectivity index (χ2v) is 9.07. The van der Waals surface area contributed by atoms with E-state index in [-0.39, 0.29) is 5.82 Å². The van der Waals surface area contributed by atoms with E-state index < -0.39 is 5.60 Å². The van der Waals surface area contributed by atoms with Crippen molar-refractivity contribution in [3.63, 3.8) is 0 Å². The summed E-state index contributed by atoms with van der Waals surface area (Å²) in [6.07, 6.45) is 1.94. The Hall–Kier alpha value is -2.95. The van der Waals surface area contributed by atoms with Crippen LogP contribution in [0.3, 0.4) is 0 Å². The highest BCUT2D eigenvalue weighted by Crippen LogP contribution is 2.37. The first-order valence-electron chi connectivity index (χ1n) is 11.3. The molecule has 0 radical (unpaired) electrons. The van der Waals surface area contributed by atoms with Crippen LogP contribution in [0.15, 0.2) is 72.8 Å². The van der Waals surface area contributed by atoms with E-state index in [1.54, 1.807) is 12.1 Å². The van der Waals surface area contributed by atoms with Crippen LogP contribution in [0.5, 0.6) is 0 Å². The first-order chi connectivity index (χ1) is 15.5. The van der Waals surface area contributed by atoms with Gasteiger partial charge in [-0.15, -0.1) is 0 Å². The van der Waals surface area contributed by atoms with Crippen LogP contribution in [0.25, 0.3) is 10.9 Å². The van der Waals surface area contributed by atoms with Crippen LogP contribution in [0.4, 0.5) is 4.39 Å². The van der Waals surface area contributed by atoms with Gasteiger partial charge in [-0.05, 0) is 61.3 Å². The van der Waals surface area contributed by atoms with E-state index in [4.69, 9.17) is 0 Å². The summed E-state index contributed by atoms with van der Waals surface area (Å²) in [6, 6.07) is 22.6. The molecule has 0 bridgehead atoms. The number of halogens is 1. The lowest BCUT2D eigenvalue weighted by Gasteiger charge is -2.31. The van der Waals surface area contributed by atoms with Crippen LogP contribution in [0.2, 0.25) is 0 Å². The normalized spacial score (nSPS) is 16.5. The van der Waals surface area contributed by atoms with Gasteiger partial charge in [0.15, 0.2) is 0 Å². The number of hydrogen-bond donors (Lipinski definition) is 1. The largest absolute Gasteiger partial charge is 0.378 e. The van der Waals surface area contributed by atoms with E-state index in [2.05, 4.69) is 41.6 Å². The average Bonchev–Trinajstić information content (AvgIpc) is 2.93. The SMILES string of the molecule is Cc1ccc2c(c1)c1c(n2CC(O)(c2ccccc2)c2ccc(F)cc2)CCN(C)CC1. The van der Waals surface area contributed by atoms with Crippen LogP contribution in [-0.2, 0) is 25.0 Å². The van der Waals surface area contributed by atoms with Crippen LogP contribution >= 0.6 is 0 Å². The Balaban J connectivity index is 1.71. The van der Waals surface area contributed by atoms with Gasteiger partial charge in [-0.2, -0.15) is 0 Å². The minimum absolute atomic E-state index is 0.303. The molecule has 4 heteroatoms. The number of aryl methyl sites for hydroxylation is 1. The third-order valence-corrected chi connectivity index (χ3v) is 6.88. The minimum atomic E-state index is -1.28. The molecular formula is C28H29FN2O. The van der Waals surface area contributed by atoms with Gasteiger partial charge >= 0.3 is 0 Å². The Morgan fingerprint density at radius 1 is 0.906 bits per heavy atom. The van der Waals surface area contributed by atoms with Gasteiger partial charge in [0.2, 0.25) is 0 Å². The molecule has 0 fully saturated rings. The van der Waals surface area contributed by atoms with Crippen LogP contribution in [-0.4, -0.2) is 34.7 Å². The van der Waals surface area contributed by atoms with Gasteiger partial charge in [-0.1, -0.05) is 54.1 Å². The first kappa shape index (κ1) is 20.9. The number of hydrogen-bond acceptors (Lipinski definition) is 2. The van der Waals surface area contributed by atoms with Crippen LogP contribution < -0.4 is 0 Å². The Labute approximate surface area is 188 Å². The fourth-order valence-electron chi connectivity index (χ4n) is 5.06. The van der Waals surface area contributed by atoms with E-state index in [1.165, 1.54) is 34.3 Å². The Morgan fingerprint density at radius 2 is 1.59 bits per heavy atom. The Kier molecular flexibility index (Phi) is 5.36. The topological polar surface area (TPSA) is 28.4 Å². The quantitative estimate of drug-likeness (QED) is 0.492. The summed E-state index contributed by atoms with van der Waals surface area (Å²) in [7, 11) is 2.17. The third-order valence-electron chi connectivity index (χ3n) is 6.88. The van der Waals surface area contributed by atoms with Gasteiger partial charge in [0, 0.05) is 36.1 Å². The maximum absolute atomic E-state index is 13.7. The standard InChI is InChI=1S/C28H29FN2O/c1-20-8-13-26-25(18-20)24-14-16-30(2)17-15-27(24)31(26)19-28(32,21-6-4-3-5-7-21)22-9-11-23(29)12-10-22/h3-13,18,32H,14-17,19H2,1-2H3. The monoisotopic (exact) mass is 428 g/mol. The van der Waals surface area contributed by atoms with Gasteiger partial charge in [0.25, 0.3) is 0 Å². The summed E-state index contributed by atoms with van der Waals surface area (Å²) in [5.74, 6) is -0.303. The van der Waals surface area contributed by atoms with Gasteiger partial charge in [-0.25, -0.2) is 4.39 Å². The van der Waals surface area contributed by atoms with Gasteiger partial charge in [0.05, 0.1) is 6.54 Å². The lowest BCUT2D eigenvalue weighted by atomic mass is 9.86. The van der Waals surface area contributed by atoms with E-state index >= 15 is 0 Å². The third kappa shape index (κ3) is 3.64. The molecule has 0 amide bonds. The second kappa shape index (κ2) is 8.19. The highest BCUT2D eigenvalue weighted by atomic mass is 19.1. The molecule has 0 saturated heterocycles. The molecule has 1 aliphatic heterocycles. The number of aromatic nitrogens is 1. The predicted molar refractivity (Wildman–Crippen MR) is 127 cm³/mol. The fourth-order valence-corrected chi connectivity index (χ4v) is 5.06. The van der Waals surface area contributed by atoms with Crippen molar-refractivity contribution in [3.05, 3.63) is 107 Å². The number of fused-ring (bicyclic) bond motifs is 3. The molecule has 3 nitrogen and oxygen atoms in total. The summed E-state index contributed by atoms with van der Waals surface area (Å²) in [5, 5.41) is 13.5. The highest BCUT2D eigenvalue weighted by Gasteiger charge is 2.34. The molecule has 0 aliphatic carbocycles. The van der Waals surface area contributed by atoms with Crippen molar-refractivity contribution in [2.75, 3.05) is 20.1 Å². The van der Waals surface area contributed by atoms with Gasteiger partial charge in [-0.3, -0.25) is 0 Å². The molecule has 3 aromatic carbocycles. The zero-order chi connectivity index (χ0) is 22.3. The molecule has 0 spiro atoms. The van der Waals surface area contributed by atoms with E-state index in [9.17, 15) is 9.50 Å². The highest BCUT2D eigenvalue weighted by molar-refractivity contribution is 5.86. The first-order valence-corrected chi connectivity index (χ1v) is 11.3. The Bertz CT molecular complexity index is 1250. The van der Waals surface area contributed by atoms with E-state index in [0.29, 0.717) is 12.1 Å². The number of likely N-dealkylation sites (N-methyl/N-ethyl adjacent to an activating group) is 1. The number of aliphatic hydroxyl groups is 1. The van der Waals surface area contributed by atoms with Crippen molar-refractivity contribution in [1.29, 1.82) is 0 Å².